The summed E-state index contributed by atoms with van der Waals surface area (Å²) in [5.74, 6) is -0.957. The maximum atomic E-state index is 12.0. The smallest absolute Gasteiger partial charge is 0.337 e. The van der Waals surface area contributed by atoms with Gasteiger partial charge in [0.2, 0.25) is 11.8 Å². The van der Waals surface area contributed by atoms with E-state index in [9.17, 15) is 14.4 Å². The number of carbonyl (C=O) groups excluding carboxylic acids is 3. The number of nitrogens with one attached hydrogen (secondary N) is 1. The zero-order chi connectivity index (χ0) is 19.0. The minimum Gasteiger partial charge on any atom is -0.465 e. The monoisotopic (exact) mass is 369 g/mol. The van der Waals surface area contributed by atoms with Crippen molar-refractivity contribution in [1.82, 2.24) is 10.2 Å². The lowest BCUT2D eigenvalue weighted by molar-refractivity contribution is -0.121. The standard InChI is InChI=1S/C17H24ClN3O4/c1-12(22)21(9-7-16(23)19-8-10-20(2)3)15-11-13(17(24)25-4)5-6-14(15)18/h5-6,11H,7-10H2,1-4H3,(H,19,23). The van der Waals surface area contributed by atoms with Crippen LogP contribution in [0.2, 0.25) is 5.02 Å². The molecule has 1 aromatic carbocycles. The lowest BCUT2D eigenvalue weighted by atomic mass is 10.1. The number of nitrogens with zero attached hydrogens (tertiary/aromatic N) is 2. The van der Waals surface area contributed by atoms with Crippen molar-refractivity contribution in [3.63, 3.8) is 0 Å². The second-order valence-corrected chi connectivity index (χ2v) is 6.14. The molecule has 0 spiro atoms. The van der Waals surface area contributed by atoms with Crippen LogP contribution in [-0.2, 0) is 14.3 Å². The number of amides is 2. The summed E-state index contributed by atoms with van der Waals surface area (Å²) in [6.45, 7) is 2.80. The van der Waals surface area contributed by atoms with Gasteiger partial charge >= 0.3 is 5.97 Å². The third-order valence-electron chi connectivity index (χ3n) is 3.48. The second-order valence-electron chi connectivity index (χ2n) is 5.73. The lowest BCUT2D eigenvalue weighted by Gasteiger charge is -2.22. The molecule has 0 saturated heterocycles. The van der Waals surface area contributed by atoms with E-state index in [1.165, 1.54) is 37.1 Å². The van der Waals surface area contributed by atoms with E-state index in [4.69, 9.17) is 11.6 Å². The van der Waals surface area contributed by atoms with E-state index in [-0.39, 0.29) is 30.3 Å². The molecule has 8 heteroatoms. The Balaban J connectivity index is 2.82. The largest absolute Gasteiger partial charge is 0.465 e. The topological polar surface area (TPSA) is 79.0 Å². The van der Waals surface area contributed by atoms with Crippen molar-refractivity contribution in [3.05, 3.63) is 28.8 Å². The van der Waals surface area contributed by atoms with E-state index in [1.807, 2.05) is 19.0 Å². The minimum absolute atomic E-state index is 0.131. The molecular weight excluding hydrogens is 346 g/mol. The molecule has 0 aliphatic heterocycles. The van der Waals surface area contributed by atoms with Crippen LogP contribution in [0.15, 0.2) is 18.2 Å². The van der Waals surface area contributed by atoms with Crippen LogP contribution in [0.3, 0.4) is 0 Å². The van der Waals surface area contributed by atoms with Crippen LogP contribution in [-0.4, -0.2) is 63.5 Å². The number of anilines is 1. The molecular formula is C17H24ClN3O4. The summed E-state index contributed by atoms with van der Waals surface area (Å²) in [6, 6.07) is 4.53. The highest BCUT2D eigenvalue weighted by Gasteiger charge is 2.18. The predicted molar refractivity (Wildman–Crippen MR) is 97.0 cm³/mol. The van der Waals surface area contributed by atoms with Crippen LogP contribution in [0.5, 0.6) is 0 Å². The van der Waals surface area contributed by atoms with Crippen molar-refractivity contribution in [2.24, 2.45) is 0 Å². The number of hydrogen-bond donors (Lipinski definition) is 1. The van der Waals surface area contributed by atoms with Crippen molar-refractivity contribution in [3.8, 4) is 0 Å². The van der Waals surface area contributed by atoms with Gasteiger partial charge in [0.15, 0.2) is 0 Å². The normalized spacial score (nSPS) is 10.5. The number of carbonyl (C=O) groups is 3. The van der Waals surface area contributed by atoms with Gasteiger partial charge in [-0.3, -0.25) is 9.59 Å². The van der Waals surface area contributed by atoms with Gasteiger partial charge in [-0.25, -0.2) is 4.79 Å². The van der Waals surface area contributed by atoms with Gasteiger partial charge in [0, 0.05) is 33.0 Å². The number of hydrogen-bond acceptors (Lipinski definition) is 5. The Hall–Kier alpha value is -2.12. The van der Waals surface area contributed by atoms with Crippen LogP contribution in [0, 0.1) is 0 Å². The van der Waals surface area contributed by atoms with E-state index in [2.05, 4.69) is 10.1 Å². The summed E-state index contributed by atoms with van der Waals surface area (Å²) >= 11 is 6.16. The van der Waals surface area contributed by atoms with E-state index in [0.717, 1.165) is 6.54 Å². The van der Waals surface area contributed by atoms with Crippen LogP contribution < -0.4 is 10.2 Å². The summed E-state index contributed by atoms with van der Waals surface area (Å²) in [5.41, 5.74) is 0.654. The number of halogens is 1. The fourth-order valence-corrected chi connectivity index (χ4v) is 2.35. The number of esters is 1. The molecule has 1 N–H and O–H groups in total. The Morgan fingerprint density at radius 3 is 2.44 bits per heavy atom. The van der Waals surface area contributed by atoms with Crippen molar-refractivity contribution in [1.29, 1.82) is 0 Å². The van der Waals surface area contributed by atoms with E-state index >= 15 is 0 Å². The van der Waals surface area contributed by atoms with Gasteiger partial charge in [-0.1, -0.05) is 11.6 Å². The Morgan fingerprint density at radius 2 is 1.88 bits per heavy atom. The second kappa shape index (κ2) is 10.0. The Bertz CT molecular complexity index is 634. The van der Waals surface area contributed by atoms with Crippen LogP contribution in [0.25, 0.3) is 0 Å². The average Bonchev–Trinajstić information content (AvgIpc) is 2.55. The Labute approximate surface area is 152 Å². The first-order valence-corrected chi connectivity index (χ1v) is 8.21. The van der Waals surface area contributed by atoms with Gasteiger partial charge in [0.1, 0.15) is 0 Å². The first-order chi connectivity index (χ1) is 11.8. The van der Waals surface area contributed by atoms with Crippen molar-refractivity contribution >= 4 is 35.1 Å². The van der Waals surface area contributed by atoms with Gasteiger partial charge in [-0.05, 0) is 32.3 Å². The zero-order valence-corrected chi connectivity index (χ0v) is 15.7. The quantitative estimate of drug-likeness (QED) is 0.703. The zero-order valence-electron chi connectivity index (χ0n) is 15.0. The first-order valence-electron chi connectivity index (χ1n) is 7.83. The van der Waals surface area contributed by atoms with Gasteiger partial charge in [0.25, 0.3) is 0 Å². The summed E-state index contributed by atoms with van der Waals surface area (Å²) in [7, 11) is 5.11. The van der Waals surface area contributed by atoms with Crippen molar-refractivity contribution < 1.29 is 19.1 Å². The Kier molecular flexibility index (Phi) is 8.37. The van der Waals surface area contributed by atoms with Crippen LogP contribution >= 0.6 is 11.6 Å². The molecule has 1 aromatic rings. The molecule has 0 atom stereocenters. The Morgan fingerprint density at radius 1 is 1.20 bits per heavy atom. The third-order valence-corrected chi connectivity index (χ3v) is 3.80. The van der Waals surface area contributed by atoms with E-state index in [0.29, 0.717) is 17.3 Å². The highest BCUT2D eigenvalue weighted by atomic mass is 35.5. The molecule has 0 aliphatic rings. The summed E-state index contributed by atoms with van der Waals surface area (Å²) in [4.78, 5) is 38.9. The predicted octanol–water partition coefficient (Wildman–Crippen LogP) is 1.55. The molecule has 1 rings (SSSR count). The molecule has 0 heterocycles. The molecule has 0 unspecified atom stereocenters. The summed E-state index contributed by atoms with van der Waals surface area (Å²) in [6.07, 6.45) is 0.131. The fraction of sp³-hybridized carbons (Fsp3) is 0.471. The molecule has 25 heavy (non-hydrogen) atoms. The summed E-state index contributed by atoms with van der Waals surface area (Å²) in [5, 5.41) is 3.10. The van der Waals surface area contributed by atoms with Gasteiger partial charge in [0.05, 0.1) is 23.4 Å². The highest BCUT2D eigenvalue weighted by molar-refractivity contribution is 6.34. The lowest BCUT2D eigenvalue weighted by Crippen LogP contribution is -2.36. The third kappa shape index (κ3) is 6.72. The number of likely N-dealkylation sites (N-methyl/N-ethyl adjacent to an activating group) is 1. The maximum Gasteiger partial charge on any atom is 0.337 e. The molecule has 0 bridgehead atoms. The molecule has 0 aromatic heterocycles. The highest BCUT2D eigenvalue weighted by Crippen LogP contribution is 2.27. The van der Waals surface area contributed by atoms with E-state index < -0.39 is 5.97 Å². The van der Waals surface area contributed by atoms with Crippen LogP contribution in [0.1, 0.15) is 23.7 Å². The number of ether oxygens (including phenoxy) is 1. The van der Waals surface area contributed by atoms with Gasteiger partial charge in [-0.2, -0.15) is 0 Å². The van der Waals surface area contributed by atoms with Gasteiger partial charge < -0.3 is 19.9 Å². The van der Waals surface area contributed by atoms with Crippen molar-refractivity contribution in [2.45, 2.75) is 13.3 Å². The number of methoxy groups -OCH3 is 1. The average molecular weight is 370 g/mol. The minimum atomic E-state index is -0.525. The summed E-state index contributed by atoms with van der Waals surface area (Å²) < 4.78 is 4.68. The fourth-order valence-electron chi connectivity index (χ4n) is 2.13. The SMILES string of the molecule is COC(=O)c1ccc(Cl)c(N(CCC(=O)NCCN(C)C)C(C)=O)c1. The van der Waals surface area contributed by atoms with E-state index in [1.54, 1.807) is 0 Å². The molecule has 0 aliphatic carbocycles. The molecule has 0 fully saturated rings. The first kappa shape index (κ1) is 20.9. The maximum absolute atomic E-state index is 12.0. The van der Waals surface area contributed by atoms with Crippen LogP contribution in [0.4, 0.5) is 5.69 Å². The van der Waals surface area contributed by atoms with Gasteiger partial charge in [-0.15, -0.1) is 0 Å². The van der Waals surface area contributed by atoms with Crippen molar-refractivity contribution in [2.75, 3.05) is 45.7 Å². The molecule has 138 valence electrons. The number of benzene rings is 1. The molecule has 0 radical (unpaired) electrons. The molecule has 0 saturated carbocycles. The molecule has 7 nitrogen and oxygen atoms in total. The number of rotatable bonds is 8. The molecule has 2 amide bonds.